The van der Waals surface area contributed by atoms with Gasteiger partial charge in [0, 0.05) is 29.5 Å². The minimum absolute atomic E-state index is 0.0453. The maximum absolute atomic E-state index is 13.6. The second-order valence-corrected chi connectivity index (χ2v) is 9.76. The van der Waals surface area contributed by atoms with Gasteiger partial charge in [-0.3, -0.25) is 4.21 Å². The van der Waals surface area contributed by atoms with Gasteiger partial charge in [0.05, 0.1) is 36.7 Å². The van der Waals surface area contributed by atoms with E-state index in [1.165, 1.54) is 5.56 Å². The lowest BCUT2D eigenvalue weighted by Gasteiger charge is -2.36. The molecule has 29 heavy (non-hydrogen) atoms. The third kappa shape index (κ3) is 3.18. The predicted octanol–water partition coefficient (Wildman–Crippen LogP) is 4.01. The Morgan fingerprint density at radius 1 is 1.03 bits per heavy atom. The zero-order chi connectivity index (χ0) is 20.1. The molecule has 6 heteroatoms. The Hall–Kier alpha value is -1.89. The van der Waals surface area contributed by atoms with E-state index in [4.69, 9.17) is 14.2 Å². The molecular formula is C23H27NO4S. The molecule has 1 saturated carbocycles. The summed E-state index contributed by atoms with van der Waals surface area (Å²) in [6, 6.07) is 16.1. The minimum atomic E-state index is -1.12. The molecule has 5 rings (SSSR count). The van der Waals surface area contributed by atoms with Crippen LogP contribution in [0.5, 0.6) is 5.75 Å². The Morgan fingerprint density at radius 3 is 2.38 bits per heavy atom. The van der Waals surface area contributed by atoms with E-state index in [1.54, 1.807) is 7.11 Å². The Bertz CT molecular complexity index is 913. The van der Waals surface area contributed by atoms with Crippen molar-refractivity contribution in [3.63, 3.8) is 0 Å². The summed E-state index contributed by atoms with van der Waals surface area (Å²) < 4.78 is 30.9. The molecule has 0 bridgehead atoms. The maximum atomic E-state index is 13.6. The first-order valence-electron chi connectivity index (χ1n) is 10.3. The summed E-state index contributed by atoms with van der Waals surface area (Å²) in [6.45, 7) is 3.40. The van der Waals surface area contributed by atoms with E-state index >= 15 is 0 Å². The number of methoxy groups -OCH3 is 1. The number of nitrogens with zero attached hydrogens (tertiary/aromatic N) is 1. The second kappa shape index (κ2) is 7.11. The maximum Gasteiger partial charge on any atom is 0.168 e. The second-order valence-electron chi connectivity index (χ2n) is 8.25. The van der Waals surface area contributed by atoms with Gasteiger partial charge in [-0.15, -0.1) is 0 Å². The van der Waals surface area contributed by atoms with Crippen molar-refractivity contribution in [2.24, 2.45) is 0 Å². The van der Waals surface area contributed by atoms with Crippen LogP contribution in [0.4, 0.5) is 5.69 Å². The summed E-state index contributed by atoms with van der Waals surface area (Å²) >= 11 is 0. The molecule has 2 aromatic rings. The van der Waals surface area contributed by atoms with E-state index in [2.05, 4.69) is 17.9 Å². The summed E-state index contributed by atoms with van der Waals surface area (Å²) in [7, 11) is 0.561. The lowest BCUT2D eigenvalue weighted by molar-refractivity contribution is -0.179. The summed E-state index contributed by atoms with van der Waals surface area (Å²) in [5.41, 5.74) is 2.12. The Labute approximate surface area is 174 Å². The van der Waals surface area contributed by atoms with Crippen LogP contribution in [0.2, 0.25) is 0 Å². The molecule has 2 aromatic carbocycles. The average molecular weight is 414 g/mol. The molecule has 3 aliphatic rings. The van der Waals surface area contributed by atoms with Gasteiger partial charge in [-0.05, 0) is 44.0 Å². The Balaban J connectivity index is 1.47. The van der Waals surface area contributed by atoms with Crippen molar-refractivity contribution in [2.75, 3.05) is 25.2 Å². The normalized spacial score (nSPS) is 25.3. The topological polar surface area (TPSA) is 47.8 Å². The Kier molecular flexibility index (Phi) is 4.68. The molecule has 0 N–H and O–H groups in total. The van der Waals surface area contributed by atoms with E-state index in [-0.39, 0.29) is 10.9 Å². The summed E-state index contributed by atoms with van der Waals surface area (Å²) in [5.74, 6) is 0.392. The number of ether oxygens (including phenoxy) is 3. The highest BCUT2D eigenvalue weighted by Gasteiger charge is 2.68. The highest BCUT2D eigenvalue weighted by molar-refractivity contribution is 7.86. The zero-order valence-electron chi connectivity index (χ0n) is 16.9. The van der Waals surface area contributed by atoms with Gasteiger partial charge in [-0.25, -0.2) is 0 Å². The molecule has 154 valence electrons. The monoisotopic (exact) mass is 413 g/mol. The highest BCUT2D eigenvalue weighted by Crippen LogP contribution is 2.58. The predicted molar refractivity (Wildman–Crippen MR) is 113 cm³/mol. The Morgan fingerprint density at radius 2 is 1.72 bits per heavy atom. The molecule has 2 aliphatic heterocycles. The summed E-state index contributed by atoms with van der Waals surface area (Å²) in [5, 5.41) is -0.0453. The van der Waals surface area contributed by atoms with Crippen molar-refractivity contribution >= 4 is 16.5 Å². The fourth-order valence-corrected chi connectivity index (χ4v) is 6.80. The molecule has 0 aromatic heterocycles. The van der Waals surface area contributed by atoms with E-state index in [1.807, 2.05) is 42.5 Å². The van der Waals surface area contributed by atoms with Gasteiger partial charge < -0.3 is 19.1 Å². The van der Waals surface area contributed by atoms with Crippen molar-refractivity contribution in [1.29, 1.82) is 0 Å². The van der Waals surface area contributed by atoms with Crippen LogP contribution >= 0.6 is 0 Å². The van der Waals surface area contributed by atoms with E-state index in [0.29, 0.717) is 13.2 Å². The quantitative estimate of drug-likeness (QED) is 0.709. The van der Waals surface area contributed by atoms with Crippen LogP contribution in [0, 0.1) is 6.92 Å². The third-order valence-electron chi connectivity index (χ3n) is 6.58. The van der Waals surface area contributed by atoms with Gasteiger partial charge in [-0.1, -0.05) is 23.8 Å². The van der Waals surface area contributed by atoms with E-state index in [0.717, 1.165) is 42.0 Å². The number of anilines is 1. The van der Waals surface area contributed by atoms with Crippen LogP contribution in [0.3, 0.4) is 0 Å². The van der Waals surface area contributed by atoms with Crippen molar-refractivity contribution in [3.05, 3.63) is 54.1 Å². The van der Waals surface area contributed by atoms with Gasteiger partial charge in [0.15, 0.2) is 5.79 Å². The first-order valence-corrected chi connectivity index (χ1v) is 11.5. The number of rotatable bonds is 4. The van der Waals surface area contributed by atoms with Gasteiger partial charge in [0.1, 0.15) is 11.1 Å². The van der Waals surface area contributed by atoms with Gasteiger partial charge in [-0.2, -0.15) is 0 Å². The fraction of sp³-hybridized carbons (Fsp3) is 0.478. The fourth-order valence-electron chi connectivity index (χ4n) is 4.93. The average Bonchev–Trinajstić information content (AvgIpc) is 3.16. The van der Waals surface area contributed by atoms with E-state index < -0.39 is 16.6 Å². The number of hydrogen-bond donors (Lipinski definition) is 0. The van der Waals surface area contributed by atoms with Crippen LogP contribution in [0.15, 0.2) is 53.4 Å². The van der Waals surface area contributed by atoms with Crippen LogP contribution in [-0.2, 0) is 20.3 Å². The first kappa shape index (κ1) is 19.1. The zero-order valence-corrected chi connectivity index (χ0v) is 17.7. The van der Waals surface area contributed by atoms with Gasteiger partial charge in [0.2, 0.25) is 0 Å². The van der Waals surface area contributed by atoms with Crippen LogP contribution in [0.1, 0.15) is 31.2 Å². The molecule has 2 saturated heterocycles. The molecule has 5 nitrogen and oxygen atoms in total. The van der Waals surface area contributed by atoms with Gasteiger partial charge in [0.25, 0.3) is 0 Å². The molecule has 0 amide bonds. The minimum Gasteiger partial charge on any atom is -0.497 e. The summed E-state index contributed by atoms with van der Waals surface area (Å²) in [6.07, 6.45) is 3.50. The summed E-state index contributed by atoms with van der Waals surface area (Å²) in [4.78, 5) is 3.23. The van der Waals surface area contributed by atoms with Crippen LogP contribution < -0.4 is 9.64 Å². The molecule has 2 spiro atoms. The highest BCUT2D eigenvalue weighted by atomic mass is 32.2. The molecule has 2 heterocycles. The lowest BCUT2D eigenvalue weighted by Crippen LogP contribution is -2.40. The van der Waals surface area contributed by atoms with Crippen molar-refractivity contribution in [1.82, 2.24) is 0 Å². The smallest absolute Gasteiger partial charge is 0.168 e. The lowest BCUT2D eigenvalue weighted by atomic mass is 9.84. The standard InChI is InChI=1S/C23H27NO4S/c1-17-6-8-20(9-7-17)29(25)21-22(10-12-23(13-11-22)27-14-15-28-23)24(21)18-4-3-5-19(16-18)26-2/h3-9,16,21H,10-15H2,1-2H3. The molecule has 1 aliphatic carbocycles. The van der Waals surface area contributed by atoms with E-state index in [9.17, 15) is 4.21 Å². The molecule has 2 unspecified atom stereocenters. The number of benzene rings is 2. The van der Waals surface area contributed by atoms with Crippen molar-refractivity contribution < 1.29 is 18.4 Å². The van der Waals surface area contributed by atoms with Crippen LogP contribution in [-0.4, -0.2) is 41.2 Å². The number of aryl methyl sites for hydroxylation is 1. The third-order valence-corrected chi connectivity index (χ3v) is 8.38. The largest absolute Gasteiger partial charge is 0.497 e. The SMILES string of the molecule is COc1cccc(N2C(S(=O)c3ccc(C)cc3)C23CCC2(CC3)OCCO2)c1. The van der Waals surface area contributed by atoms with Crippen molar-refractivity contribution in [3.8, 4) is 5.75 Å². The molecular weight excluding hydrogens is 386 g/mol. The first-order chi connectivity index (χ1) is 14.1. The molecule has 3 fully saturated rings. The van der Waals surface area contributed by atoms with Crippen LogP contribution in [0.25, 0.3) is 0 Å². The van der Waals surface area contributed by atoms with Gasteiger partial charge >= 0.3 is 0 Å². The molecule has 2 atom stereocenters. The number of hydrogen-bond acceptors (Lipinski definition) is 5. The molecule has 0 radical (unpaired) electrons. The van der Waals surface area contributed by atoms with Crippen molar-refractivity contribution in [2.45, 2.75) is 54.2 Å².